The zero-order valence-electron chi connectivity index (χ0n) is 17.9. The monoisotopic (exact) mass is 410 g/mol. The van der Waals surface area contributed by atoms with E-state index >= 15 is 0 Å². The lowest BCUT2D eigenvalue weighted by atomic mass is 10.1. The highest BCUT2D eigenvalue weighted by molar-refractivity contribution is 5.69. The van der Waals surface area contributed by atoms with Crippen LogP contribution in [0.1, 0.15) is 24.2 Å². The van der Waals surface area contributed by atoms with E-state index in [4.69, 9.17) is 24.3 Å². The molecule has 1 fully saturated rings. The number of aryl methyl sites for hydroxylation is 1. The van der Waals surface area contributed by atoms with E-state index < -0.39 is 0 Å². The Labute approximate surface area is 175 Å². The summed E-state index contributed by atoms with van der Waals surface area (Å²) in [5, 5.41) is 4.81. The Hall–Kier alpha value is -3.29. The molecule has 30 heavy (non-hydrogen) atoms. The molecule has 0 spiro atoms. The minimum absolute atomic E-state index is 0.261. The van der Waals surface area contributed by atoms with E-state index in [-0.39, 0.29) is 18.1 Å². The number of methoxy groups -OCH3 is 2. The lowest BCUT2D eigenvalue weighted by Gasteiger charge is -2.15. The maximum absolute atomic E-state index is 11.9. The molecule has 2 aromatic heterocycles. The summed E-state index contributed by atoms with van der Waals surface area (Å²) in [4.78, 5) is 18.1. The lowest BCUT2D eigenvalue weighted by Crippen LogP contribution is -2.27. The summed E-state index contributed by atoms with van der Waals surface area (Å²) < 4.78 is 18.2. The highest BCUT2D eigenvalue weighted by atomic mass is 16.6. The van der Waals surface area contributed by atoms with Gasteiger partial charge in [0.05, 0.1) is 25.3 Å². The number of carbonyl (C=O) groups is 1. The summed E-state index contributed by atoms with van der Waals surface area (Å²) >= 11 is 0. The standard InChI is InChI=1S/C22H26N4O4/c1-14-6-7-15(12-18(14)29-5)16-8-9-17(28-4)19-23-20(24-26(16)19)22(10-11-22)13-30-21(27)25(2)3/h6-9,12H,10-11,13H2,1-5H3. The van der Waals surface area contributed by atoms with Crippen molar-refractivity contribution in [1.82, 2.24) is 19.5 Å². The minimum Gasteiger partial charge on any atom is -0.496 e. The van der Waals surface area contributed by atoms with Crippen molar-refractivity contribution >= 4 is 11.7 Å². The van der Waals surface area contributed by atoms with E-state index in [1.807, 2.05) is 37.3 Å². The molecule has 158 valence electrons. The molecule has 1 aliphatic rings. The molecule has 1 saturated carbocycles. The second kappa shape index (κ2) is 7.51. The zero-order valence-corrected chi connectivity index (χ0v) is 17.9. The van der Waals surface area contributed by atoms with Crippen molar-refractivity contribution in [3.63, 3.8) is 0 Å². The second-order valence-corrected chi connectivity index (χ2v) is 7.87. The lowest BCUT2D eigenvalue weighted by molar-refractivity contribution is 0.107. The van der Waals surface area contributed by atoms with Crippen LogP contribution in [0, 0.1) is 6.92 Å². The van der Waals surface area contributed by atoms with Gasteiger partial charge in [-0.1, -0.05) is 12.1 Å². The molecule has 0 saturated heterocycles. The fraction of sp³-hybridized carbons (Fsp3) is 0.409. The quantitative estimate of drug-likeness (QED) is 0.619. The van der Waals surface area contributed by atoms with E-state index in [0.717, 1.165) is 35.4 Å². The Bertz CT molecular complexity index is 1100. The van der Waals surface area contributed by atoms with Gasteiger partial charge in [-0.2, -0.15) is 0 Å². The molecular weight excluding hydrogens is 384 g/mol. The summed E-state index contributed by atoms with van der Waals surface area (Å²) in [6.07, 6.45) is 1.39. The first-order valence-corrected chi connectivity index (χ1v) is 9.82. The number of hydrogen-bond donors (Lipinski definition) is 0. The molecule has 0 N–H and O–H groups in total. The second-order valence-electron chi connectivity index (χ2n) is 7.87. The molecule has 1 aliphatic carbocycles. The Morgan fingerprint density at radius 3 is 2.50 bits per heavy atom. The van der Waals surface area contributed by atoms with Crippen LogP contribution >= 0.6 is 0 Å². The summed E-state index contributed by atoms with van der Waals surface area (Å²) in [5.74, 6) is 2.11. The van der Waals surface area contributed by atoms with Gasteiger partial charge in [0.15, 0.2) is 17.2 Å². The first-order chi connectivity index (χ1) is 14.4. The topological polar surface area (TPSA) is 78.2 Å². The van der Waals surface area contributed by atoms with Gasteiger partial charge in [-0.15, -0.1) is 5.10 Å². The molecule has 0 unspecified atom stereocenters. The Morgan fingerprint density at radius 1 is 1.13 bits per heavy atom. The maximum Gasteiger partial charge on any atom is 0.409 e. The number of pyridine rings is 1. The van der Waals surface area contributed by atoms with Gasteiger partial charge in [0.1, 0.15) is 12.4 Å². The van der Waals surface area contributed by atoms with Gasteiger partial charge in [-0.05, 0) is 43.5 Å². The number of hydrogen-bond acceptors (Lipinski definition) is 6. The first-order valence-electron chi connectivity index (χ1n) is 9.82. The average molecular weight is 410 g/mol. The molecular formula is C22H26N4O4. The number of rotatable bonds is 6. The van der Waals surface area contributed by atoms with E-state index in [1.54, 1.807) is 32.8 Å². The van der Waals surface area contributed by atoms with Crippen LogP contribution in [0.25, 0.3) is 16.9 Å². The normalized spacial score (nSPS) is 14.4. The molecule has 0 radical (unpaired) electrons. The highest BCUT2D eigenvalue weighted by Gasteiger charge is 2.49. The Balaban J connectivity index is 1.76. The van der Waals surface area contributed by atoms with Gasteiger partial charge >= 0.3 is 6.09 Å². The minimum atomic E-state index is -0.366. The van der Waals surface area contributed by atoms with Gasteiger partial charge in [0.25, 0.3) is 0 Å². The predicted octanol–water partition coefficient (Wildman–Crippen LogP) is 3.45. The molecule has 1 aromatic carbocycles. The molecule has 2 heterocycles. The van der Waals surface area contributed by atoms with Crippen LogP contribution in [0.4, 0.5) is 4.79 Å². The van der Waals surface area contributed by atoms with Crippen molar-refractivity contribution in [2.45, 2.75) is 25.2 Å². The van der Waals surface area contributed by atoms with Crippen molar-refractivity contribution in [3.8, 4) is 22.8 Å². The van der Waals surface area contributed by atoms with Gasteiger partial charge in [-0.3, -0.25) is 0 Å². The van der Waals surface area contributed by atoms with Crippen molar-refractivity contribution in [2.24, 2.45) is 0 Å². The van der Waals surface area contributed by atoms with Crippen LogP contribution in [0.15, 0.2) is 30.3 Å². The van der Waals surface area contributed by atoms with Crippen LogP contribution in [-0.4, -0.2) is 60.5 Å². The van der Waals surface area contributed by atoms with Gasteiger partial charge in [0.2, 0.25) is 0 Å². The first kappa shape index (κ1) is 20.0. The van der Waals surface area contributed by atoms with E-state index in [2.05, 4.69) is 0 Å². The summed E-state index contributed by atoms with van der Waals surface area (Å²) in [5.41, 5.74) is 3.19. The summed E-state index contributed by atoms with van der Waals surface area (Å²) in [6, 6.07) is 9.89. The fourth-order valence-electron chi connectivity index (χ4n) is 3.43. The number of carbonyl (C=O) groups excluding carboxylic acids is 1. The molecule has 3 aromatic rings. The largest absolute Gasteiger partial charge is 0.496 e. The Kier molecular flexibility index (Phi) is 5.01. The van der Waals surface area contributed by atoms with Crippen molar-refractivity contribution in [2.75, 3.05) is 34.9 Å². The predicted molar refractivity (Wildman–Crippen MR) is 112 cm³/mol. The van der Waals surface area contributed by atoms with E-state index in [1.165, 1.54) is 4.90 Å². The van der Waals surface area contributed by atoms with Crippen LogP contribution in [0.3, 0.4) is 0 Å². The van der Waals surface area contributed by atoms with Crippen LogP contribution < -0.4 is 9.47 Å². The van der Waals surface area contributed by atoms with Crippen molar-refractivity contribution < 1.29 is 19.0 Å². The zero-order chi connectivity index (χ0) is 21.5. The van der Waals surface area contributed by atoms with E-state index in [0.29, 0.717) is 17.2 Å². The van der Waals surface area contributed by atoms with E-state index in [9.17, 15) is 4.79 Å². The molecule has 8 nitrogen and oxygen atoms in total. The SMILES string of the molecule is COc1cc(-c2ccc(OC)c3nc(C4(COC(=O)N(C)C)CC4)nn23)ccc1C. The molecule has 0 aliphatic heterocycles. The fourth-order valence-corrected chi connectivity index (χ4v) is 3.43. The third-order valence-corrected chi connectivity index (χ3v) is 5.54. The van der Waals surface area contributed by atoms with Crippen molar-refractivity contribution in [3.05, 3.63) is 41.7 Å². The number of ether oxygens (including phenoxy) is 3. The maximum atomic E-state index is 11.9. The number of benzene rings is 1. The number of amides is 1. The third kappa shape index (κ3) is 3.42. The number of nitrogens with zero attached hydrogens (tertiary/aromatic N) is 4. The summed E-state index contributed by atoms with van der Waals surface area (Å²) in [6.45, 7) is 2.27. The third-order valence-electron chi connectivity index (χ3n) is 5.54. The van der Waals surface area contributed by atoms with Gasteiger partial charge < -0.3 is 19.1 Å². The molecule has 1 amide bonds. The van der Waals surface area contributed by atoms with Crippen LogP contribution in [-0.2, 0) is 10.2 Å². The molecule has 4 rings (SSSR count). The highest BCUT2D eigenvalue weighted by Crippen LogP contribution is 2.47. The molecule has 0 atom stereocenters. The average Bonchev–Trinajstić information content (AvgIpc) is 3.40. The van der Waals surface area contributed by atoms with Crippen LogP contribution in [0.2, 0.25) is 0 Å². The number of fused-ring (bicyclic) bond motifs is 1. The van der Waals surface area contributed by atoms with Crippen molar-refractivity contribution in [1.29, 1.82) is 0 Å². The number of aromatic nitrogens is 3. The molecule has 8 heteroatoms. The van der Waals surface area contributed by atoms with Gasteiger partial charge in [-0.25, -0.2) is 14.3 Å². The molecule has 0 bridgehead atoms. The van der Waals surface area contributed by atoms with Crippen LogP contribution in [0.5, 0.6) is 11.5 Å². The Morgan fingerprint density at radius 2 is 1.87 bits per heavy atom. The van der Waals surface area contributed by atoms with Gasteiger partial charge in [0, 0.05) is 19.7 Å². The smallest absolute Gasteiger partial charge is 0.409 e. The summed E-state index contributed by atoms with van der Waals surface area (Å²) in [7, 11) is 6.61.